The van der Waals surface area contributed by atoms with E-state index >= 15 is 0 Å². The van der Waals surface area contributed by atoms with Gasteiger partial charge in [0.25, 0.3) is 0 Å². The molecule has 0 saturated carbocycles. The average Bonchev–Trinajstić information content (AvgIpc) is 3.44. The number of nitrogens with zero attached hydrogens (tertiary/aromatic N) is 3. The second-order valence-corrected chi connectivity index (χ2v) is 8.96. The molecule has 1 saturated heterocycles. The molecular formula is C28H31N5. The summed E-state index contributed by atoms with van der Waals surface area (Å²) in [6, 6.07) is 17.4. The maximum absolute atomic E-state index is 4.50. The lowest BCUT2D eigenvalue weighted by atomic mass is 10.1. The fourth-order valence-electron chi connectivity index (χ4n) is 4.27. The summed E-state index contributed by atoms with van der Waals surface area (Å²) in [4.78, 5) is 8.19. The van der Waals surface area contributed by atoms with Crippen LogP contribution in [0.25, 0.3) is 35.2 Å². The highest BCUT2D eigenvalue weighted by Gasteiger charge is 2.13. The Morgan fingerprint density at radius 1 is 0.879 bits per heavy atom. The Labute approximate surface area is 195 Å². The van der Waals surface area contributed by atoms with Crippen molar-refractivity contribution in [2.24, 2.45) is 0 Å². The van der Waals surface area contributed by atoms with Gasteiger partial charge in [0, 0.05) is 50.0 Å². The van der Waals surface area contributed by atoms with Gasteiger partial charge in [-0.25, -0.2) is 0 Å². The van der Waals surface area contributed by atoms with Gasteiger partial charge in [-0.1, -0.05) is 48.6 Å². The van der Waals surface area contributed by atoms with E-state index in [1.165, 1.54) is 16.5 Å². The molecule has 0 aliphatic carbocycles. The third-order valence-corrected chi connectivity index (χ3v) is 6.52. The van der Waals surface area contributed by atoms with Crippen molar-refractivity contribution in [3.63, 3.8) is 0 Å². The molecular weight excluding hydrogens is 406 g/mol. The molecule has 5 nitrogen and oxygen atoms in total. The van der Waals surface area contributed by atoms with Crippen LogP contribution >= 0.6 is 0 Å². The van der Waals surface area contributed by atoms with Crippen LogP contribution in [0.15, 0.2) is 54.7 Å². The van der Waals surface area contributed by atoms with Gasteiger partial charge in [0.15, 0.2) is 0 Å². The first-order valence-electron chi connectivity index (χ1n) is 11.6. The van der Waals surface area contributed by atoms with Gasteiger partial charge in [0.2, 0.25) is 0 Å². The van der Waals surface area contributed by atoms with E-state index in [0.29, 0.717) is 0 Å². The van der Waals surface area contributed by atoms with E-state index < -0.39 is 0 Å². The zero-order valence-electron chi connectivity index (χ0n) is 19.4. The molecule has 5 heteroatoms. The van der Waals surface area contributed by atoms with Crippen LogP contribution in [-0.4, -0.2) is 58.2 Å². The summed E-state index contributed by atoms with van der Waals surface area (Å²) >= 11 is 0. The first kappa shape index (κ1) is 21.4. The van der Waals surface area contributed by atoms with Crippen LogP contribution in [0.4, 0.5) is 0 Å². The molecule has 4 aromatic rings. The molecule has 0 radical (unpaired) electrons. The number of benzene rings is 2. The third-order valence-electron chi connectivity index (χ3n) is 6.52. The minimum atomic E-state index is 0.962. The minimum absolute atomic E-state index is 0.962. The smallest absolute Gasteiger partial charge is 0.0884 e. The third kappa shape index (κ3) is 5.16. The molecule has 1 aliphatic rings. The summed E-state index contributed by atoms with van der Waals surface area (Å²) < 4.78 is 0. The van der Waals surface area contributed by atoms with Crippen LogP contribution in [0.5, 0.6) is 0 Å². The van der Waals surface area contributed by atoms with Crippen molar-refractivity contribution in [3.05, 3.63) is 88.4 Å². The second-order valence-electron chi connectivity index (χ2n) is 8.96. The van der Waals surface area contributed by atoms with E-state index in [-0.39, 0.29) is 0 Å². The Hall–Kier alpha value is -3.41. The van der Waals surface area contributed by atoms with Crippen LogP contribution in [0.3, 0.4) is 0 Å². The Balaban J connectivity index is 1.22. The SMILES string of the molecule is Cc1c(/C=C/c2ccc3cc[nH]c3c2)n[nH]c1/C=C/c1ccc(CN2CCN(C)CC2)cc1. The van der Waals surface area contributed by atoms with E-state index in [2.05, 4.69) is 112 Å². The molecule has 0 bridgehead atoms. The lowest BCUT2D eigenvalue weighted by Gasteiger charge is -2.32. The Morgan fingerprint density at radius 3 is 2.45 bits per heavy atom. The van der Waals surface area contributed by atoms with Gasteiger partial charge >= 0.3 is 0 Å². The highest BCUT2D eigenvalue weighted by Crippen LogP contribution is 2.19. The molecule has 1 fully saturated rings. The summed E-state index contributed by atoms with van der Waals surface area (Å²) in [7, 11) is 2.20. The maximum Gasteiger partial charge on any atom is 0.0884 e. The molecule has 0 atom stereocenters. The zero-order chi connectivity index (χ0) is 22.6. The normalized spacial score (nSPS) is 15.9. The molecule has 5 rings (SSSR count). The quantitative estimate of drug-likeness (QED) is 0.431. The summed E-state index contributed by atoms with van der Waals surface area (Å²) in [5.74, 6) is 0. The number of rotatable bonds is 6. The minimum Gasteiger partial charge on any atom is -0.361 e. The summed E-state index contributed by atoms with van der Waals surface area (Å²) in [6.45, 7) is 7.75. The van der Waals surface area contributed by atoms with Crippen LogP contribution in [0.2, 0.25) is 0 Å². The highest BCUT2D eigenvalue weighted by atomic mass is 15.2. The number of hydrogen-bond acceptors (Lipinski definition) is 3. The molecule has 1 aliphatic heterocycles. The van der Waals surface area contributed by atoms with Crippen LogP contribution < -0.4 is 0 Å². The van der Waals surface area contributed by atoms with Crippen LogP contribution in [0, 0.1) is 6.92 Å². The van der Waals surface area contributed by atoms with Gasteiger partial charge in [0.1, 0.15) is 0 Å². The summed E-state index contributed by atoms with van der Waals surface area (Å²) in [6.07, 6.45) is 10.4. The highest BCUT2D eigenvalue weighted by molar-refractivity contribution is 5.83. The number of aromatic nitrogens is 3. The van der Waals surface area contributed by atoms with Crippen molar-refractivity contribution in [3.8, 4) is 0 Å². The first-order valence-corrected chi connectivity index (χ1v) is 11.6. The molecule has 0 amide bonds. The topological polar surface area (TPSA) is 51.0 Å². The van der Waals surface area contributed by atoms with Crippen molar-refractivity contribution >= 4 is 35.2 Å². The number of aromatic amines is 2. The number of hydrogen-bond donors (Lipinski definition) is 2. The molecule has 2 N–H and O–H groups in total. The molecule has 2 aromatic heterocycles. The second kappa shape index (κ2) is 9.61. The standard InChI is InChI=1S/C28H31N5/c1-21-26(30-31-27(21)12-9-23-7-10-25-13-14-29-28(25)19-23)11-8-22-3-5-24(6-4-22)20-33-17-15-32(2)16-18-33/h3-14,19,29H,15-18,20H2,1-2H3,(H,30,31)/b11-8+,12-9+. The van der Waals surface area contributed by atoms with E-state index in [4.69, 9.17) is 0 Å². The van der Waals surface area contributed by atoms with Gasteiger partial charge in [-0.15, -0.1) is 0 Å². The average molecular weight is 438 g/mol. The number of H-pyrrole nitrogens is 2. The Kier molecular flexibility index (Phi) is 6.24. The lowest BCUT2D eigenvalue weighted by molar-refractivity contribution is 0.148. The molecule has 0 spiro atoms. The number of fused-ring (bicyclic) bond motifs is 1. The molecule has 168 valence electrons. The van der Waals surface area contributed by atoms with E-state index in [1.54, 1.807) is 0 Å². The largest absolute Gasteiger partial charge is 0.361 e. The van der Waals surface area contributed by atoms with Crippen LogP contribution in [-0.2, 0) is 6.54 Å². The lowest BCUT2D eigenvalue weighted by Crippen LogP contribution is -2.43. The maximum atomic E-state index is 4.50. The predicted octanol–water partition coefficient (Wildman–Crippen LogP) is 5.29. The van der Waals surface area contributed by atoms with E-state index in [9.17, 15) is 0 Å². The predicted molar refractivity (Wildman–Crippen MR) is 139 cm³/mol. The fourth-order valence-corrected chi connectivity index (χ4v) is 4.27. The van der Waals surface area contributed by atoms with Gasteiger partial charge in [-0.2, -0.15) is 5.10 Å². The molecule has 3 heterocycles. The van der Waals surface area contributed by atoms with Gasteiger partial charge in [-0.05, 0) is 60.3 Å². The number of piperazine rings is 1. The Bertz CT molecular complexity index is 1270. The summed E-state index contributed by atoms with van der Waals surface area (Å²) in [5.41, 5.74) is 8.02. The van der Waals surface area contributed by atoms with Crippen molar-refractivity contribution in [1.82, 2.24) is 25.0 Å². The van der Waals surface area contributed by atoms with Crippen molar-refractivity contribution in [1.29, 1.82) is 0 Å². The summed E-state index contributed by atoms with van der Waals surface area (Å²) in [5, 5.41) is 8.90. The first-order chi connectivity index (χ1) is 16.1. The molecule has 0 unspecified atom stereocenters. The van der Waals surface area contributed by atoms with Gasteiger partial charge in [-0.3, -0.25) is 10.00 Å². The molecule has 2 aromatic carbocycles. The van der Waals surface area contributed by atoms with Crippen LogP contribution in [0.1, 0.15) is 33.6 Å². The molecule has 33 heavy (non-hydrogen) atoms. The zero-order valence-corrected chi connectivity index (χ0v) is 19.4. The number of nitrogens with one attached hydrogen (secondary N) is 2. The fraction of sp³-hybridized carbons (Fsp3) is 0.250. The Morgan fingerprint density at radius 2 is 1.64 bits per heavy atom. The van der Waals surface area contributed by atoms with E-state index in [0.717, 1.165) is 60.8 Å². The number of likely N-dealkylation sites (N-methyl/N-ethyl adjacent to an activating group) is 1. The van der Waals surface area contributed by atoms with E-state index in [1.807, 2.05) is 6.20 Å². The van der Waals surface area contributed by atoms with Gasteiger partial charge < -0.3 is 9.88 Å². The van der Waals surface area contributed by atoms with Crippen molar-refractivity contribution in [2.45, 2.75) is 13.5 Å². The van der Waals surface area contributed by atoms with Crippen molar-refractivity contribution < 1.29 is 0 Å². The monoisotopic (exact) mass is 437 g/mol. The van der Waals surface area contributed by atoms with Crippen molar-refractivity contribution in [2.75, 3.05) is 33.2 Å². The van der Waals surface area contributed by atoms with Gasteiger partial charge in [0.05, 0.1) is 11.4 Å².